The molecule has 0 spiro atoms. The minimum Gasteiger partial charge on any atom is -0.481 e. The fourth-order valence-corrected chi connectivity index (χ4v) is 2.50. The number of carbonyl (C=O) groups is 2. The normalized spacial score (nSPS) is 11.1. The number of amides is 1. The number of ether oxygens (including phenoxy) is 3. The summed E-state index contributed by atoms with van der Waals surface area (Å²) in [6, 6.07) is 12.5. The van der Waals surface area contributed by atoms with Crippen molar-refractivity contribution in [2.24, 2.45) is 0 Å². The summed E-state index contributed by atoms with van der Waals surface area (Å²) in [5, 5.41) is 2.60. The van der Waals surface area contributed by atoms with Gasteiger partial charge in [-0.05, 0) is 59.7 Å². The number of nitrogens with one attached hydrogen (secondary N) is 1. The molecule has 3 N–H and O–H groups in total. The minimum absolute atomic E-state index is 0.276. The molecule has 7 nitrogen and oxygen atoms in total. The molecule has 0 saturated heterocycles. The Balaban J connectivity index is 2.33. The molecule has 2 aromatic carbocycles. The summed E-state index contributed by atoms with van der Waals surface area (Å²) in [7, 11) is 0. The highest BCUT2D eigenvalue weighted by atomic mass is 16.6. The van der Waals surface area contributed by atoms with Crippen LogP contribution < -0.4 is 15.8 Å². The first-order valence-electron chi connectivity index (χ1n) is 10.2. The van der Waals surface area contributed by atoms with E-state index in [1.165, 1.54) is 6.07 Å². The van der Waals surface area contributed by atoms with Crippen molar-refractivity contribution in [3.8, 4) is 17.6 Å². The summed E-state index contributed by atoms with van der Waals surface area (Å²) < 4.78 is 16.3. The maximum atomic E-state index is 12.2. The van der Waals surface area contributed by atoms with Crippen molar-refractivity contribution in [2.75, 3.05) is 17.7 Å². The summed E-state index contributed by atoms with van der Waals surface area (Å²) in [6.45, 7) is 10.3. The molecular formula is C25H30N2O5. The molecule has 32 heavy (non-hydrogen) atoms. The SMILES string of the molecule is CC(C)(C)OC(=O)COc1cc(NC(=O)OC(C)(C)C)c(N)cc1C#Cc1ccccc1. The van der Waals surface area contributed by atoms with Gasteiger partial charge in [0.25, 0.3) is 0 Å². The third kappa shape index (κ3) is 8.60. The molecule has 0 heterocycles. The number of benzene rings is 2. The highest BCUT2D eigenvalue weighted by molar-refractivity contribution is 5.90. The van der Waals surface area contributed by atoms with Gasteiger partial charge < -0.3 is 19.9 Å². The Bertz CT molecular complexity index is 1020. The van der Waals surface area contributed by atoms with Gasteiger partial charge in [-0.15, -0.1) is 0 Å². The molecule has 7 heteroatoms. The van der Waals surface area contributed by atoms with Gasteiger partial charge in [0, 0.05) is 11.6 Å². The summed E-state index contributed by atoms with van der Waals surface area (Å²) in [5.74, 6) is 5.79. The van der Waals surface area contributed by atoms with Gasteiger partial charge in [-0.3, -0.25) is 5.32 Å². The lowest BCUT2D eigenvalue weighted by Crippen LogP contribution is -2.28. The monoisotopic (exact) mass is 438 g/mol. The average Bonchev–Trinajstić information content (AvgIpc) is 2.65. The number of anilines is 2. The van der Waals surface area contributed by atoms with Gasteiger partial charge in [0.05, 0.1) is 16.9 Å². The number of esters is 1. The van der Waals surface area contributed by atoms with Crippen LogP contribution in [0.1, 0.15) is 52.7 Å². The Morgan fingerprint density at radius 3 is 2.16 bits per heavy atom. The van der Waals surface area contributed by atoms with Gasteiger partial charge in [0.2, 0.25) is 0 Å². The van der Waals surface area contributed by atoms with E-state index in [1.54, 1.807) is 47.6 Å². The second-order valence-electron chi connectivity index (χ2n) is 9.05. The van der Waals surface area contributed by atoms with Crippen LogP contribution in [0.2, 0.25) is 0 Å². The Kier molecular flexibility index (Phi) is 7.77. The zero-order valence-corrected chi connectivity index (χ0v) is 19.4. The lowest BCUT2D eigenvalue weighted by Gasteiger charge is -2.21. The van der Waals surface area contributed by atoms with Crippen LogP contribution in [0.4, 0.5) is 16.2 Å². The summed E-state index contributed by atoms with van der Waals surface area (Å²) in [5.41, 5.74) is 6.64. The van der Waals surface area contributed by atoms with Crippen molar-refractivity contribution in [1.82, 2.24) is 0 Å². The van der Waals surface area contributed by atoms with Crippen LogP contribution in [0, 0.1) is 11.8 Å². The maximum absolute atomic E-state index is 12.2. The van der Waals surface area contributed by atoms with E-state index in [0.29, 0.717) is 5.56 Å². The quantitative estimate of drug-likeness (QED) is 0.406. The fraction of sp³-hybridized carbons (Fsp3) is 0.360. The third-order valence-electron chi connectivity index (χ3n) is 3.67. The van der Waals surface area contributed by atoms with E-state index < -0.39 is 23.3 Å². The molecule has 0 unspecified atom stereocenters. The molecule has 2 aromatic rings. The predicted octanol–water partition coefficient (Wildman–Crippen LogP) is 4.74. The predicted molar refractivity (Wildman–Crippen MR) is 124 cm³/mol. The van der Waals surface area contributed by atoms with E-state index in [-0.39, 0.29) is 23.7 Å². The minimum atomic E-state index is -0.671. The first-order valence-corrected chi connectivity index (χ1v) is 10.2. The van der Waals surface area contributed by atoms with E-state index >= 15 is 0 Å². The third-order valence-corrected chi connectivity index (χ3v) is 3.67. The number of nitrogen functional groups attached to an aromatic ring is 1. The van der Waals surface area contributed by atoms with E-state index in [1.807, 2.05) is 30.3 Å². The molecule has 0 radical (unpaired) electrons. The van der Waals surface area contributed by atoms with E-state index in [2.05, 4.69) is 17.2 Å². The summed E-state index contributed by atoms with van der Waals surface area (Å²) in [6.07, 6.45) is -0.662. The molecular weight excluding hydrogens is 408 g/mol. The molecule has 1 amide bonds. The number of rotatable bonds is 4. The van der Waals surface area contributed by atoms with Crippen molar-refractivity contribution < 1.29 is 23.8 Å². The van der Waals surface area contributed by atoms with Gasteiger partial charge in [-0.2, -0.15) is 0 Å². The highest BCUT2D eigenvalue weighted by Gasteiger charge is 2.20. The molecule has 0 bridgehead atoms. The Labute approximate surface area is 189 Å². The van der Waals surface area contributed by atoms with Crippen LogP contribution in [0.5, 0.6) is 5.75 Å². The number of hydrogen-bond acceptors (Lipinski definition) is 6. The van der Waals surface area contributed by atoms with E-state index in [0.717, 1.165) is 5.56 Å². The first kappa shape index (κ1) is 24.6. The molecule has 0 aliphatic rings. The van der Waals surface area contributed by atoms with Crippen LogP contribution in [0.3, 0.4) is 0 Å². The molecule has 0 aliphatic carbocycles. The maximum Gasteiger partial charge on any atom is 0.412 e. The lowest BCUT2D eigenvalue weighted by molar-refractivity contribution is -0.157. The molecule has 0 aliphatic heterocycles. The van der Waals surface area contributed by atoms with Crippen molar-refractivity contribution in [2.45, 2.75) is 52.7 Å². The Morgan fingerprint density at radius 1 is 0.938 bits per heavy atom. The van der Waals surface area contributed by atoms with Gasteiger partial charge in [0.1, 0.15) is 17.0 Å². The standard InChI is InChI=1S/C25H30N2O5/c1-24(2,3)31-22(28)16-30-21-15-20(27-23(29)32-25(4,5)6)19(26)14-18(21)13-12-17-10-8-7-9-11-17/h7-11,14-15H,16,26H2,1-6H3,(H,27,29). The second-order valence-corrected chi connectivity index (χ2v) is 9.05. The zero-order valence-electron chi connectivity index (χ0n) is 19.4. The van der Waals surface area contributed by atoms with Crippen molar-refractivity contribution in [3.05, 3.63) is 53.6 Å². The lowest BCUT2D eigenvalue weighted by atomic mass is 10.1. The van der Waals surface area contributed by atoms with Crippen LogP contribution in [-0.2, 0) is 14.3 Å². The van der Waals surface area contributed by atoms with Gasteiger partial charge in [-0.1, -0.05) is 30.0 Å². The molecule has 0 atom stereocenters. The molecule has 0 fully saturated rings. The average molecular weight is 439 g/mol. The molecule has 0 saturated carbocycles. The van der Waals surface area contributed by atoms with Gasteiger partial charge >= 0.3 is 12.1 Å². The van der Waals surface area contributed by atoms with Crippen molar-refractivity contribution in [3.63, 3.8) is 0 Å². The first-order chi connectivity index (χ1) is 14.8. The number of carbonyl (C=O) groups excluding carboxylic acids is 2. The second kappa shape index (κ2) is 10.1. The smallest absolute Gasteiger partial charge is 0.412 e. The number of nitrogens with two attached hydrogens (primary N) is 1. The number of hydrogen-bond donors (Lipinski definition) is 2. The van der Waals surface area contributed by atoms with E-state index in [4.69, 9.17) is 19.9 Å². The van der Waals surface area contributed by atoms with Crippen molar-refractivity contribution in [1.29, 1.82) is 0 Å². The van der Waals surface area contributed by atoms with Gasteiger partial charge in [0.15, 0.2) is 6.61 Å². The topological polar surface area (TPSA) is 99.9 Å². The van der Waals surface area contributed by atoms with E-state index in [9.17, 15) is 9.59 Å². The van der Waals surface area contributed by atoms with Crippen LogP contribution >= 0.6 is 0 Å². The van der Waals surface area contributed by atoms with Gasteiger partial charge in [-0.25, -0.2) is 9.59 Å². The molecule has 2 rings (SSSR count). The molecule has 0 aromatic heterocycles. The van der Waals surface area contributed by atoms with Crippen LogP contribution in [0.25, 0.3) is 0 Å². The van der Waals surface area contributed by atoms with Crippen molar-refractivity contribution >= 4 is 23.4 Å². The Hall–Kier alpha value is -3.66. The zero-order chi connectivity index (χ0) is 23.9. The summed E-state index contributed by atoms with van der Waals surface area (Å²) in [4.78, 5) is 24.3. The van der Waals surface area contributed by atoms with Crippen LogP contribution in [0.15, 0.2) is 42.5 Å². The highest BCUT2D eigenvalue weighted by Crippen LogP contribution is 2.30. The largest absolute Gasteiger partial charge is 0.481 e. The Morgan fingerprint density at radius 2 is 1.56 bits per heavy atom. The molecule has 170 valence electrons. The van der Waals surface area contributed by atoms with Crippen LogP contribution in [-0.4, -0.2) is 29.9 Å². The fourth-order valence-electron chi connectivity index (χ4n) is 2.50. The summed E-state index contributed by atoms with van der Waals surface area (Å²) >= 11 is 0.